The fraction of sp³-hybridized carbons (Fsp3) is 0.667. The summed E-state index contributed by atoms with van der Waals surface area (Å²) in [5, 5.41) is 11.9. The number of thiazole rings is 1. The lowest BCUT2D eigenvalue weighted by Gasteiger charge is -2.17. The van der Waals surface area contributed by atoms with Gasteiger partial charge in [-0.15, -0.1) is 11.3 Å². The fourth-order valence-electron chi connectivity index (χ4n) is 1.60. The summed E-state index contributed by atoms with van der Waals surface area (Å²) in [5.41, 5.74) is -0.262. The molecule has 0 aromatic carbocycles. The second-order valence-corrected chi connectivity index (χ2v) is 6.11. The zero-order chi connectivity index (χ0) is 12.6. The van der Waals surface area contributed by atoms with Crippen molar-refractivity contribution < 1.29 is 9.90 Å². The highest BCUT2D eigenvalue weighted by molar-refractivity contribution is 7.13. The Morgan fingerprint density at radius 1 is 1.65 bits per heavy atom. The first kappa shape index (κ1) is 12.4. The van der Waals surface area contributed by atoms with Crippen LogP contribution in [0.2, 0.25) is 0 Å². The lowest BCUT2D eigenvalue weighted by atomic mass is 9.90. The fourth-order valence-corrected chi connectivity index (χ4v) is 2.57. The highest BCUT2D eigenvalue weighted by Gasteiger charge is 2.32. The molecule has 0 unspecified atom stereocenters. The van der Waals surface area contributed by atoms with Crippen LogP contribution in [0.3, 0.4) is 0 Å². The van der Waals surface area contributed by atoms with E-state index in [9.17, 15) is 4.79 Å². The van der Waals surface area contributed by atoms with E-state index in [4.69, 9.17) is 5.11 Å². The highest BCUT2D eigenvalue weighted by atomic mass is 32.1. The van der Waals surface area contributed by atoms with Crippen molar-refractivity contribution in [3.05, 3.63) is 11.1 Å². The predicted octanol–water partition coefficient (Wildman–Crippen LogP) is 2.35. The molecule has 0 atom stereocenters. The summed E-state index contributed by atoms with van der Waals surface area (Å²) >= 11 is 1.52. The first-order chi connectivity index (χ1) is 7.91. The standard InChI is InChI=1S/C12H18N2O2S/c1-12(2,10(15)16)9-7-17-11(13-9)14(3)6-8-4-5-8/h7-8H,4-6H2,1-3H3,(H,15,16). The molecule has 0 aliphatic heterocycles. The molecule has 1 aromatic heterocycles. The average molecular weight is 254 g/mol. The lowest BCUT2D eigenvalue weighted by Crippen LogP contribution is -2.29. The predicted molar refractivity (Wildman–Crippen MR) is 68.8 cm³/mol. The SMILES string of the molecule is CN(CC1CC1)c1nc(C(C)(C)C(=O)O)cs1. The highest BCUT2D eigenvalue weighted by Crippen LogP contribution is 2.33. The maximum absolute atomic E-state index is 11.1. The van der Waals surface area contributed by atoms with Gasteiger partial charge in [-0.1, -0.05) is 0 Å². The third-order valence-corrected chi connectivity index (χ3v) is 4.18. The van der Waals surface area contributed by atoms with Crippen molar-refractivity contribution in [1.29, 1.82) is 0 Å². The maximum Gasteiger partial charge on any atom is 0.315 e. The summed E-state index contributed by atoms with van der Waals surface area (Å²) in [6.07, 6.45) is 2.62. The molecule has 1 aliphatic rings. The third kappa shape index (κ3) is 2.60. The molecule has 0 saturated heterocycles. The van der Waals surface area contributed by atoms with Gasteiger partial charge in [0.1, 0.15) is 5.41 Å². The molecule has 1 heterocycles. The number of anilines is 1. The molecule has 1 fully saturated rings. The Morgan fingerprint density at radius 3 is 2.82 bits per heavy atom. The molecule has 5 heteroatoms. The minimum Gasteiger partial charge on any atom is -0.481 e. The summed E-state index contributed by atoms with van der Waals surface area (Å²) in [4.78, 5) is 17.7. The van der Waals surface area contributed by atoms with Crippen molar-refractivity contribution >= 4 is 22.4 Å². The van der Waals surface area contributed by atoms with E-state index in [1.165, 1.54) is 24.2 Å². The molecular weight excluding hydrogens is 236 g/mol. The van der Waals surface area contributed by atoms with Crippen LogP contribution < -0.4 is 4.90 Å². The van der Waals surface area contributed by atoms with Gasteiger partial charge < -0.3 is 10.0 Å². The van der Waals surface area contributed by atoms with Gasteiger partial charge in [-0.05, 0) is 32.6 Å². The average Bonchev–Trinajstić information content (AvgIpc) is 2.92. The molecule has 0 amide bonds. The van der Waals surface area contributed by atoms with Gasteiger partial charge in [0.2, 0.25) is 0 Å². The summed E-state index contributed by atoms with van der Waals surface area (Å²) in [6.45, 7) is 4.41. The maximum atomic E-state index is 11.1. The van der Waals surface area contributed by atoms with Crippen LogP contribution in [0.15, 0.2) is 5.38 Å². The molecule has 2 rings (SSSR count). The first-order valence-electron chi connectivity index (χ1n) is 5.82. The molecule has 94 valence electrons. The molecule has 0 bridgehead atoms. The molecular formula is C12H18N2O2S. The van der Waals surface area contributed by atoms with Crippen LogP contribution in [0, 0.1) is 5.92 Å². The number of nitrogens with zero attached hydrogens (tertiary/aromatic N) is 2. The van der Waals surface area contributed by atoms with Gasteiger partial charge in [0, 0.05) is 19.0 Å². The van der Waals surface area contributed by atoms with E-state index in [-0.39, 0.29) is 0 Å². The van der Waals surface area contributed by atoms with Crippen molar-refractivity contribution in [3.63, 3.8) is 0 Å². The Kier molecular flexibility index (Phi) is 3.12. The smallest absolute Gasteiger partial charge is 0.315 e. The Labute approximate surface area is 105 Å². The zero-order valence-corrected chi connectivity index (χ0v) is 11.3. The number of aliphatic carboxylic acids is 1. The zero-order valence-electron chi connectivity index (χ0n) is 10.4. The lowest BCUT2D eigenvalue weighted by molar-refractivity contribution is -0.142. The summed E-state index contributed by atoms with van der Waals surface area (Å²) in [6, 6.07) is 0. The van der Waals surface area contributed by atoms with Crippen molar-refractivity contribution in [2.75, 3.05) is 18.5 Å². The van der Waals surface area contributed by atoms with E-state index in [2.05, 4.69) is 9.88 Å². The molecule has 0 radical (unpaired) electrons. The van der Waals surface area contributed by atoms with Crippen LogP contribution in [-0.2, 0) is 10.2 Å². The van der Waals surface area contributed by atoms with Crippen molar-refractivity contribution in [2.45, 2.75) is 32.1 Å². The van der Waals surface area contributed by atoms with Crippen LogP contribution in [-0.4, -0.2) is 29.7 Å². The van der Waals surface area contributed by atoms with Gasteiger partial charge in [0.15, 0.2) is 5.13 Å². The van der Waals surface area contributed by atoms with Crippen LogP contribution in [0.1, 0.15) is 32.4 Å². The van der Waals surface area contributed by atoms with Crippen LogP contribution in [0.4, 0.5) is 5.13 Å². The monoisotopic (exact) mass is 254 g/mol. The Balaban J connectivity index is 2.11. The van der Waals surface area contributed by atoms with Gasteiger partial charge in [-0.25, -0.2) is 4.98 Å². The minimum absolute atomic E-state index is 0.646. The quantitative estimate of drug-likeness (QED) is 0.876. The van der Waals surface area contributed by atoms with Gasteiger partial charge >= 0.3 is 5.97 Å². The van der Waals surface area contributed by atoms with Gasteiger partial charge in [0.25, 0.3) is 0 Å². The Bertz CT molecular complexity index is 424. The normalized spacial score (nSPS) is 15.9. The second-order valence-electron chi connectivity index (χ2n) is 5.27. The van der Waals surface area contributed by atoms with E-state index in [0.717, 1.165) is 17.6 Å². The largest absolute Gasteiger partial charge is 0.481 e. The number of carboxylic acid groups (broad SMARTS) is 1. The van der Waals surface area contributed by atoms with E-state index < -0.39 is 11.4 Å². The van der Waals surface area contributed by atoms with Crippen LogP contribution in [0.25, 0.3) is 0 Å². The van der Waals surface area contributed by atoms with Crippen molar-refractivity contribution in [3.8, 4) is 0 Å². The number of rotatable bonds is 5. The molecule has 1 aromatic rings. The Hall–Kier alpha value is -1.10. The van der Waals surface area contributed by atoms with Gasteiger partial charge in [-0.3, -0.25) is 4.79 Å². The molecule has 4 nitrogen and oxygen atoms in total. The van der Waals surface area contributed by atoms with Crippen LogP contribution >= 0.6 is 11.3 Å². The number of carboxylic acids is 1. The minimum atomic E-state index is -0.908. The van der Waals surface area contributed by atoms with Crippen molar-refractivity contribution in [2.24, 2.45) is 5.92 Å². The third-order valence-electron chi connectivity index (χ3n) is 3.22. The number of hydrogen-bond donors (Lipinski definition) is 1. The van der Waals surface area contributed by atoms with Crippen molar-refractivity contribution in [1.82, 2.24) is 4.98 Å². The van der Waals surface area contributed by atoms with E-state index in [0.29, 0.717) is 5.69 Å². The molecule has 1 aliphatic carbocycles. The molecule has 1 saturated carbocycles. The Morgan fingerprint density at radius 2 is 2.29 bits per heavy atom. The van der Waals surface area contributed by atoms with Gasteiger partial charge in [0.05, 0.1) is 5.69 Å². The summed E-state index contributed by atoms with van der Waals surface area (Å²) in [5.74, 6) is -0.0287. The topological polar surface area (TPSA) is 53.4 Å². The molecule has 0 spiro atoms. The summed E-state index contributed by atoms with van der Waals surface area (Å²) < 4.78 is 0. The van der Waals surface area contributed by atoms with E-state index in [1.54, 1.807) is 13.8 Å². The summed E-state index contributed by atoms with van der Waals surface area (Å²) in [7, 11) is 2.02. The van der Waals surface area contributed by atoms with E-state index >= 15 is 0 Å². The van der Waals surface area contributed by atoms with E-state index in [1.807, 2.05) is 12.4 Å². The number of carbonyl (C=O) groups is 1. The molecule has 17 heavy (non-hydrogen) atoms. The van der Waals surface area contributed by atoms with Gasteiger partial charge in [-0.2, -0.15) is 0 Å². The first-order valence-corrected chi connectivity index (χ1v) is 6.69. The molecule has 1 N–H and O–H groups in total. The number of aromatic nitrogens is 1. The number of hydrogen-bond acceptors (Lipinski definition) is 4. The van der Waals surface area contributed by atoms with Crippen LogP contribution in [0.5, 0.6) is 0 Å². The second kappa shape index (κ2) is 4.29.